The standard InChI is InChI=1S/C16H26BrNO3/c1-3-15(18)16(13-7-4-5-8-14(13)17)21-10-6-9-20-12-11-19-2/h4-5,7-8,15-16H,3,6,9-12,18H2,1-2H3. The molecular weight excluding hydrogens is 334 g/mol. The molecule has 2 atom stereocenters. The monoisotopic (exact) mass is 359 g/mol. The molecule has 0 aliphatic heterocycles. The summed E-state index contributed by atoms with van der Waals surface area (Å²) >= 11 is 3.57. The van der Waals surface area contributed by atoms with Gasteiger partial charge in [0, 0.05) is 30.8 Å². The number of benzene rings is 1. The lowest BCUT2D eigenvalue weighted by atomic mass is 10.0. The van der Waals surface area contributed by atoms with Crippen LogP contribution in [0.3, 0.4) is 0 Å². The molecule has 2 N–H and O–H groups in total. The molecule has 0 aromatic heterocycles. The summed E-state index contributed by atoms with van der Waals surface area (Å²) in [5.74, 6) is 0. The molecule has 5 heteroatoms. The number of hydrogen-bond donors (Lipinski definition) is 1. The molecule has 0 saturated heterocycles. The summed E-state index contributed by atoms with van der Waals surface area (Å²) in [6.07, 6.45) is 1.63. The molecule has 2 unspecified atom stereocenters. The molecule has 0 aliphatic rings. The van der Waals surface area contributed by atoms with Crippen molar-refractivity contribution in [1.29, 1.82) is 0 Å². The van der Waals surface area contributed by atoms with Crippen LogP contribution >= 0.6 is 15.9 Å². The molecule has 1 rings (SSSR count). The first-order valence-corrected chi connectivity index (χ1v) is 8.18. The van der Waals surface area contributed by atoms with Gasteiger partial charge in [-0.1, -0.05) is 41.1 Å². The lowest BCUT2D eigenvalue weighted by Gasteiger charge is -2.25. The van der Waals surface area contributed by atoms with Crippen LogP contribution in [0.4, 0.5) is 0 Å². The quantitative estimate of drug-likeness (QED) is 0.616. The van der Waals surface area contributed by atoms with Gasteiger partial charge in [0.1, 0.15) is 0 Å². The molecule has 0 spiro atoms. The predicted octanol–water partition coefficient (Wildman–Crippen LogP) is 3.30. The first-order chi connectivity index (χ1) is 10.2. The zero-order chi connectivity index (χ0) is 15.5. The van der Waals surface area contributed by atoms with Crippen molar-refractivity contribution in [2.75, 3.05) is 33.5 Å². The summed E-state index contributed by atoms with van der Waals surface area (Å²) in [5.41, 5.74) is 7.31. The second-order valence-electron chi connectivity index (χ2n) is 4.84. The highest BCUT2D eigenvalue weighted by molar-refractivity contribution is 9.10. The molecule has 0 aliphatic carbocycles. The lowest BCUT2D eigenvalue weighted by Crippen LogP contribution is -2.30. The van der Waals surface area contributed by atoms with Crippen LogP contribution in [0.25, 0.3) is 0 Å². The van der Waals surface area contributed by atoms with Crippen LogP contribution in [0.1, 0.15) is 31.4 Å². The molecule has 1 aromatic rings. The van der Waals surface area contributed by atoms with E-state index in [9.17, 15) is 0 Å². The Hall–Kier alpha value is -0.460. The maximum Gasteiger partial charge on any atom is 0.0986 e. The molecule has 21 heavy (non-hydrogen) atoms. The third-order valence-corrected chi connectivity index (χ3v) is 3.96. The highest BCUT2D eigenvalue weighted by atomic mass is 79.9. The Bertz CT molecular complexity index is 390. The Labute approximate surface area is 136 Å². The zero-order valence-corrected chi connectivity index (χ0v) is 14.5. The van der Waals surface area contributed by atoms with Crippen molar-refractivity contribution in [3.8, 4) is 0 Å². The minimum absolute atomic E-state index is 0.0156. The molecule has 0 fully saturated rings. The molecule has 4 nitrogen and oxygen atoms in total. The summed E-state index contributed by atoms with van der Waals surface area (Å²) in [7, 11) is 1.67. The first-order valence-electron chi connectivity index (χ1n) is 7.39. The second-order valence-corrected chi connectivity index (χ2v) is 5.70. The smallest absolute Gasteiger partial charge is 0.0986 e. The largest absolute Gasteiger partial charge is 0.382 e. The van der Waals surface area contributed by atoms with Crippen LogP contribution in [0, 0.1) is 0 Å². The van der Waals surface area contributed by atoms with Gasteiger partial charge in [-0.15, -0.1) is 0 Å². The molecule has 0 radical (unpaired) electrons. The van der Waals surface area contributed by atoms with Gasteiger partial charge in [-0.3, -0.25) is 0 Å². The van der Waals surface area contributed by atoms with Crippen molar-refractivity contribution in [2.24, 2.45) is 5.73 Å². The van der Waals surface area contributed by atoms with E-state index in [1.807, 2.05) is 18.2 Å². The number of halogens is 1. The number of hydrogen-bond acceptors (Lipinski definition) is 4. The molecule has 0 heterocycles. The fourth-order valence-electron chi connectivity index (χ4n) is 1.98. The van der Waals surface area contributed by atoms with Gasteiger partial charge in [-0.25, -0.2) is 0 Å². The number of nitrogens with two attached hydrogens (primary N) is 1. The lowest BCUT2D eigenvalue weighted by molar-refractivity contribution is 0.0110. The highest BCUT2D eigenvalue weighted by Gasteiger charge is 2.21. The third-order valence-electron chi connectivity index (χ3n) is 3.23. The molecule has 0 amide bonds. The van der Waals surface area contributed by atoms with Gasteiger partial charge < -0.3 is 19.9 Å². The Morgan fingerprint density at radius 2 is 1.90 bits per heavy atom. The maximum absolute atomic E-state index is 6.20. The minimum Gasteiger partial charge on any atom is -0.382 e. The van der Waals surface area contributed by atoms with E-state index in [4.69, 9.17) is 19.9 Å². The fourth-order valence-corrected chi connectivity index (χ4v) is 2.49. The summed E-state index contributed by atoms with van der Waals surface area (Å²) in [6.45, 7) is 4.63. The van der Waals surface area contributed by atoms with E-state index in [1.165, 1.54) is 0 Å². The highest BCUT2D eigenvalue weighted by Crippen LogP contribution is 2.28. The van der Waals surface area contributed by atoms with Gasteiger partial charge in [-0.2, -0.15) is 0 Å². The van der Waals surface area contributed by atoms with Crippen LogP contribution in [-0.2, 0) is 14.2 Å². The normalized spacial score (nSPS) is 14.1. The van der Waals surface area contributed by atoms with Crippen molar-refractivity contribution in [3.05, 3.63) is 34.3 Å². The van der Waals surface area contributed by atoms with E-state index in [1.54, 1.807) is 7.11 Å². The number of methoxy groups -OCH3 is 1. The van der Waals surface area contributed by atoms with Crippen molar-refractivity contribution < 1.29 is 14.2 Å². The van der Waals surface area contributed by atoms with Crippen LogP contribution < -0.4 is 5.73 Å². The molecule has 0 saturated carbocycles. The SMILES string of the molecule is CCC(N)C(OCCCOCCOC)c1ccccc1Br. The molecule has 1 aromatic carbocycles. The Balaban J connectivity index is 2.43. The predicted molar refractivity (Wildman–Crippen MR) is 88.4 cm³/mol. The molecule has 0 bridgehead atoms. The maximum atomic E-state index is 6.20. The van der Waals surface area contributed by atoms with Crippen LogP contribution in [0.2, 0.25) is 0 Å². The minimum atomic E-state index is -0.0930. The molecule has 120 valence electrons. The van der Waals surface area contributed by atoms with Gasteiger partial charge in [-0.05, 0) is 24.5 Å². The average molecular weight is 360 g/mol. The van der Waals surface area contributed by atoms with E-state index in [2.05, 4.69) is 28.9 Å². The van der Waals surface area contributed by atoms with Gasteiger partial charge in [0.25, 0.3) is 0 Å². The summed E-state index contributed by atoms with van der Waals surface area (Å²) < 4.78 is 17.4. The van der Waals surface area contributed by atoms with Crippen LogP contribution in [0.5, 0.6) is 0 Å². The van der Waals surface area contributed by atoms with Crippen molar-refractivity contribution >= 4 is 15.9 Å². The number of ether oxygens (including phenoxy) is 3. The van der Waals surface area contributed by atoms with Gasteiger partial charge in [0.05, 0.1) is 19.3 Å². The topological polar surface area (TPSA) is 53.7 Å². The van der Waals surface area contributed by atoms with E-state index in [-0.39, 0.29) is 12.1 Å². The van der Waals surface area contributed by atoms with Gasteiger partial charge in [0.15, 0.2) is 0 Å². The van der Waals surface area contributed by atoms with E-state index >= 15 is 0 Å². The average Bonchev–Trinajstić information content (AvgIpc) is 2.50. The van der Waals surface area contributed by atoms with E-state index in [0.29, 0.717) is 26.4 Å². The summed E-state index contributed by atoms with van der Waals surface area (Å²) in [6, 6.07) is 8.05. The Morgan fingerprint density at radius 1 is 1.14 bits per heavy atom. The zero-order valence-electron chi connectivity index (χ0n) is 12.9. The van der Waals surface area contributed by atoms with Crippen molar-refractivity contribution in [3.63, 3.8) is 0 Å². The Morgan fingerprint density at radius 3 is 2.57 bits per heavy atom. The number of rotatable bonds is 11. The van der Waals surface area contributed by atoms with Crippen molar-refractivity contribution in [2.45, 2.75) is 31.9 Å². The van der Waals surface area contributed by atoms with Crippen LogP contribution in [-0.4, -0.2) is 39.6 Å². The summed E-state index contributed by atoms with van der Waals surface area (Å²) in [4.78, 5) is 0. The molecular formula is C16H26BrNO3. The van der Waals surface area contributed by atoms with E-state index in [0.717, 1.165) is 22.9 Å². The summed E-state index contributed by atoms with van der Waals surface area (Å²) in [5, 5.41) is 0. The first kappa shape index (κ1) is 18.6. The van der Waals surface area contributed by atoms with Gasteiger partial charge >= 0.3 is 0 Å². The van der Waals surface area contributed by atoms with E-state index < -0.39 is 0 Å². The third kappa shape index (κ3) is 6.89. The van der Waals surface area contributed by atoms with Crippen molar-refractivity contribution in [1.82, 2.24) is 0 Å². The van der Waals surface area contributed by atoms with Crippen LogP contribution in [0.15, 0.2) is 28.7 Å². The second kappa shape index (κ2) is 11.2. The fraction of sp³-hybridized carbons (Fsp3) is 0.625. The van der Waals surface area contributed by atoms with Gasteiger partial charge in [0.2, 0.25) is 0 Å². The Kier molecular flexibility index (Phi) is 9.87.